The van der Waals surface area contributed by atoms with Crippen molar-refractivity contribution < 1.29 is 77.0 Å². The summed E-state index contributed by atoms with van der Waals surface area (Å²) < 4.78 is 126. The normalized spacial score (nSPS) is 12.2. The Labute approximate surface area is 338 Å². The minimum Gasteiger partial charge on any atom is -0.483 e. The molecule has 0 aliphatic carbocycles. The lowest BCUT2D eigenvalue weighted by Crippen LogP contribution is -2.43. The summed E-state index contributed by atoms with van der Waals surface area (Å²) in [6.45, 7) is 0.888. The summed E-state index contributed by atoms with van der Waals surface area (Å²) >= 11 is 0. The third-order valence-corrected chi connectivity index (χ3v) is 11.0. The zero-order chi connectivity index (χ0) is 43.4. The van der Waals surface area contributed by atoms with Crippen LogP contribution in [0.3, 0.4) is 0 Å². The van der Waals surface area contributed by atoms with Crippen molar-refractivity contribution in [3.63, 3.8) is 0 Å². The van der Waals surface area contributed by atoms with Crippen molar-refractivity contribution in [2.24, 2.45) is 5.73 Å². The maximum atomic E-state index is 12.6. The van der Waals surface area contributed by atoms with Gasteiger partial charge in [0.1, 0.15) is 20.4 Å². The quantitative estimate of drug-likeness (QED) is 0.0224. The lowest BCUT2D eigenvalue weighted by atomic mass is 9.93. The second kappa shape index (κ2) is 20.9. The van der Waals surface area contributed by atoms with E-state index >= 15 is 0 Å². The predicted octanol–water partition coefficient (Wildman–Crippen LogP) is -1.04. The average molecular weight is 890 g/mol. The Kier molecular flexibility index (Phi) is 16.6. The van der Waals surface area contributed by atoms with Crippen LogP contribution in [-0.2, 0) is 63.7 Å². The van der Waals surface area contributed by atoms with Crippen LogP contribution in [-0.4, -0.2) is 142 Å². The van der Waals surface area contributed by atoms with Gasteiger partial charge in [-0.25, -0.2) is 0 Å². The molecule has 0 saturated carbocycles. The number of ether oxygens (including phenoxy) is 4. The first-order chi connectivity index (χ1) is 27.8. The lowest BCUT2D eigenvalue weighted by Gasteiger charge is -2.19. The minimum absolute atomic E-state index is 0.0882. The van der Waals surface area contributed by atoms with Crippen molar-refractivity contribution in [3.05, 3.63) is 36.4 Å². The van der Waals surface area contributed by atoms with Gasteiger partial charge in [-0.15, -0.1) is 0 Å². The molecule has 324 valence electrons. The fourth-order valence-electron chi connectivity index (χ4n) is 5.72. The monoisotopic (exact) mass is 889 g/mol. The third kappa shape index (κ3) is 13.3. The second-order valence-electron chi connectivity index (χ2n) is 12.5. The van der Waals surface area contributed by atoms with Crippen LogP contribution in [0.4, 0.5) is 0 Å². The molecule has 4 amide bonds. The average Bonchev–Trinajstić information content (AvgIpc) is 3.17. The first-order valence-electron chi connectivity index (χ1n) is 17.7. The van der Waals surface area contributed by atoms with E-state index in [1.54, 1.807) is 0 Å². The molecule has 0 unspecified atom stereocenters. The summed E-state index contributed by atoms with van der Waals surface area (Å²) in [5.41, 5.74) is 5.12. The molecule has 4 aromatic rings. The molecule has 25 heteroatoms. The molecule has 0 aliphatic rings. The lowest BCUT2D eigenvalue weighted by molar-refractivity contribution is -0.127. The number of hydrogen-bond acceptors (Lipinski definition) is 15. The predicted molar refractivity (Wildman–Crippen MR) is 208 cm³/mol. The van der Waals surface area contributed by atoms with Gasteiger partial charge in [-0.3, -0.25) is 32.8 Å². The van der Waals surface area contributed by atoms with Gasteiger partial charge in [0.05, 0.1) is 46.1 Å². The van der Waals surface area contributed by atoms with Gasteiger partial charge >= 0.3 is 0 Å². The largest absolute Gasteiger partial charge is 0.483 e. The fourth-order valence-corrected chi connectivity index (χ4v) is 7.93. The van der Waals surface area contributed by atoms with E-state index in [9.17, 15) is 58.1 Å². The number of rotatable bonds is 25. The molecule has 0 aromatic heterocycles. The van der Waals surface area contributed by atoms with Crippen molar-refractivity contribution in [2.45, 2.75) is 27.5 Å². The van der Waals surface area contributed by atoms with Gasteiger partial charge in [0.15, 0.2) is 6.61 Å². The van der Waals surface area contributed by atoms with Crippen LogP contribution in [0.25, 0.3) is 32.3 Å². The Bertz CT molecular complexity index is 2450. The molecule has 0 atom stereocenters. The van der Waals surface area contributed by atoms with Gasteiger partial charge in [0, 0.05) is 64.7 Å². The van der Waals surface area contributed by atoms with Crippen LogP contribution in [0.2, 0.25) is 0 Å². The number of carbonyl (C=O) groups is 4. The van der Waals surface area contributed by atoms with Gasteiger partial charge in [-0.05, 0) is 25.0 Å². The minimum atomic E-state index is -5.08. The van der Waals surface area contributed by atoms with Crippen LogP contribution in [0, 0.1) is 0 Å². The van der Waals surface area contributed by atoms with Crippen LogP contribution in [0.1, 0.15) is 12.8 Å². The van der Waals surface area contributed by atoms with Crippen molar-refractivity contribution in [1.29, 1.82) is 0 Å². The van der Waals surface area contributed by atoms with E-state index in [1.165, 1.54) is 12.1 Å². The zero-order valence-corrected chi connectivity index (χ0v) is 33.7. The van der Waals surface area contributed by atoms with Crippen LogP contribution >= 0.6 is 0 Å². The molecule has 59 heavy (non-hydrogen) atoms. The number of amides is 4. The molecule has 4 aromatic carbocycles. The van der Waals surface area contributed by atoms with Gasteiger partial charge in [0.2, 0.25) is 17.7 Å². The Balaban J connectivity index is 1.17. The van der Waals surface area contributed by atoms with E-state index in [1.807, 2.05) is 0 Å². The van der Waals surface area contributed by atoms with Crippen molar-refractivity contribution in [3.8, 4) is 5.75 Å². The molecule has 0 aliphatic heterocycles. The van der Waals surface area contributed by atoms with E-state index < -0.39 is 75.3 Å². The van der Waals surface area contributed by atoms with Gasteiger partial charge < -0.3 is 45.9 Å². The van der Waals surface area contributed by atoms with Crippen LogP contribution in [0.15, 0.2) is 51.1 Å². The van der Waals surface area contributed by atoms with Crippen LogP contribution in [0.5, 0.6) is 5.75 Å². The molecule has 0 fully saturated rings. The summed E-state index contributed by atoms with van der Waals surface area (Å²) in [7, 11) is -15.2. The highest BCUT2D eigenvalue weighted by Gasteiger charge is 2.28. The Morgan fingerprint density at radius 3 is 1.39 bits per heavy atom. The van der Waals surface area contributed by atoms with E-state index in [-0.39, 0.29) is 84.1 Å². The number of carbonyl (C=O) groups excluding carboxylic acids is 4. The van der Waals surface area contributed by atoms with Crippen LogP contribution < -0.4 is 31.7 Å². The van der Waals surface area contributed by atoms with E-state index in [0.29, 0.717) is 45.3 Å². The van der Waals surface area contributed by atoms with E-state index in [2.05, 4.69) is 21.3 Å². The summed E-state index contributed by atoms with van der Waals surface area (Å²) in [6.07, 6.45) is 0.932. The zero-order valence-electron chi connectivity index (χ0n) is 31.2. The number of benzene rings is 4. The molecule has 0 spiro atoms. The SMILES string of the molecule is NCC(=O)NCC(=O)NCC(=O)NCCCOCCOCCOCCCNC(=O)COc1cc(S(=O)(=O)O)c2ccc3c(S(=O)(=O)O)cc(S(=O)(=O)O)c4ccc1c2c43. The Morgan fingerprint density at radius 2 is 0.915 bits per heavy atom. The highest BCUT2D eigenvalue weighted by Crippen LogP contribution is 2.45. The molecular weight excluding hydrogens is 847 g/mol. The summed E-state index contributed by atoms with van der Waals surface area (Å²) in [5.74, 6) is -2.27. The van der Waals surface area contributed by atoms with Crippen molar-refractivity contribution in [1.82, 2.24) is 21.3 Å². The van der Waals surface area contributed by atoms with Crippen molar-refractivity contribution >= 4 is 86.3 Å². The van der Waals surface area contributed by atoms with Gasteiger partial charge in [0.25, 0.3) is 36.3 Å². The molecule has 0 heterocycles. The van der Waals surface area contributed by atoms with Crippen molar-refractivity contribution in [2.75, 3.05) is 79.0 Å². The molecule has 4 rings (SSSR count). The third-order valence-electron chi connectivity index (χ3n) is 8.34. The molecule has 0 bridgehead atoms. The highest BCUT2D eigenvalue weighted by molar-refractivity contribution is 7.87. The smallest absolute Gasteiger partial charge is 0.295 e. The summed E-state index contributed by atoms with van der Waals surface area (Å²) in [4.78, 5) is 44.4. The first kappa shape index (κ1) is 46.9. The highest BCUT2D eigenvalue weighted by atomic mass is 32.2. The van der Waals surface area contributed by atoms with Gasteiger partial charge in [-0.2, -0.15) is 25.3 Å². The molecule has 22 nitrogen and oxygen atoms in total. The Morgan fingerprint density at radius 1 is 0.525 bits per heavy atom. The second-order valence-corrected chi connectivity index (χ2v) is 16.7. The number of hydrogen-bond donors (Lipinski definition) is 8. The molecule has 0 saturated heterocycles. The molecule has 0 radical (unpaired) electrons. The fraction of sp³-hybridized carbons (Fsp3) is 0.412. The van der Waals surface area contributed by atoms with E-state index in [4.69, 9.17) is 24.7 Å². The summed E-state index contributed by atoms with van der Waals surface area (Å²) in [5, 5.41) is 9.06. The maximum Gasteiger partial charge on any atom is 0.295 e. The standard InChI is InChI=1S/C34H43N5O17S3/c35-17-29(40)38-19-31(42)39-18-30(41)36-7-1-9-53-11-13-55-14-12-54-10-2-8-37-32(43)20-56-25-15-26(57(44,45)46)22-5-6-24-28(59(50,51)52)16-27(58(47,48)49)23-4-3-21(25)33(22)34(23)24/h3-6,15-16H,1-2,7-14,17-20,35H2,(H,36,41)(H,37,43)(H,38,40)(H,39,42)(H,44,45,46)(H,47,48,49)(H,50,51,52). The molecule has 9 N–H and O–H groups in total. The van der Waals surface area contributed by atoms with Gasteiger partial charge in [-0.1, -0.05) is 18.2 Å². The maximum absolute atomic E-state index is 12.6. The Hall–Kier alpha value is -4.83. The number of nitrogens with two attached hydrogens (primary N) is 1. The molecular formula is C34H43N5O17S3. The first-order valence-corrected chi connectivity index (χ1v) is 22.0. The topological polar surface area (TPSA) is 342 Å². The number of nitrogens with one attached hydrogen (secondary N) is 4. The summed E-state index contributed by atoms with van der Waals surface area (Å²) in [6, 6.07) is 6.29. The van der Waals surface area contributed by atoms with E-state index in [0.717, 1.165) is 18.2 Å².